The van der Waals surface area contributed by atoms with Crippen molar-refractivity contribution in [1.82, 2.24) is 20.1 Å². The summed E-state index contributed by atoms with van der Waals surface area (Å²) in [7, 11) is 0. The van der Waals surface area contributed by atoms with Crippen LogP contribution in [-0.4, -0.2) is 48.1 Å². The Labute approximate surface area is 199 Å². The van der Waals surface area contributed by atoms with E-state index in [4.69, 9.17) is 0 Å². The van der Waals surface area contributed by atoms with Crippen LogP contribution in [0.5, 0.6) is 5.75 Å². The number of hydrogen-bond acceptors (Lipinski definition) is 7. The number of rotatable bonds is 11. The summed E-state index contributed by atoms with van der Waals surface area (Å²) in [5, 5.41) is 39.8. The zero-order chi connectivity index (χ0) is 24.7. The molecular formula is C25H33N5O4. The minimum absolute atomic E-state index is 0.100. The standard InChI is InChI=1S/C25H33N5O4/c1-4-30-23(10-11-27-30)29-24(34)13-17-6-5-7-18(12-17)14-25(2,3)26-15-22(33)19-8-9-21(32)20(16-31)28-19/h5-12,22,26,31-33H,4,13-16H2,1-3H3,(H,29,34). The number of pyridine rings is 1. The van der Waals surface area contributed by atoms with Gasteiger partial charge in [0.2, 0.25) is 5.91 Å². The predicted octanol–water partition coefficient (Wildman–Crippen LogP) is 2.32. The molecule has 0 fully saturated rings. The summed E-state index contributed by atoms with van der Waals surface area (Å²) in [5.41, 5.74) is 2.16. The maximum absolute atomic E-state index is 12.5. The molecule has 34 heavy (non-hydrogen) atoms. The van der Waals surface area contributed by atoms with Gasteiger partial charge in [-0.25, -0.2) is 9.67 Å². The average molecular weight is 468 g/mol. The second-order valence-corrected chi connectivity index (χ2v) is 8.89. The summed E-state index contributed by atoms with van der Waals surface area (Å²) in [4.78, 5) is 16.6. The molecule has 0 saturated carbocycles. The van der Waals surface area contributed by atoms with E-state index in [-0.39, 0.29) is 35.9 Å². The molecule has 9 heteroatoms. The third-order valence-electron chi connectivity index (χ3n) is 5.52. The highest BCUT2D eigenvalue weighted by molar-refractivity contribution is 5.91. The number of aryl methyl sites for hydroxylation is 1. The molecule has 0 aliphatic rings. The summed E-state index contributed by atoms with van der Waals surface area (Å²) in [6, 6.07) is 12.6. The Kier molecular flexibility index (Phi) is 8.38. The second-order valence-electron chi connectivity index (χ2n) is 8.89. The highest BCUT2D eigenvalue weighted by atomic mass is 16.3. The Hall–Kier alpha value is -3.27. The van der Waals surface area contributed by atoms with Gasteiger partial charge in [0, 0.05) is 24.7 Å². The number of carbonyl (C=O) groups excluding carboxylic acids is 1. The number of aromatic hydroxyl groups is 1. The molecule has 1 unspecified atom stereocenters. The summed E-state index contributed by atoms with van der Waals surface area (Å²) in [6.07, 6.45) is 1.71. The van der Waals surface area contributed by atoms with Gasteiger partial charge in [0.15, 0.2) is 0 Å². The van der Waals surface area contributed by atoms with E-state index >= 15 is 0 Å². The number of aliphatic hydroxyl groups is 2. The highest BCUT2D eigenvalue weighted by Crippen LogP contribution is 2.20. The zero-order valence-corrected chi connectivity index (χ0v) is 19.8. The summed E-state index contributed by atoms with van der Waals surface area (Å²) in [5.74, 6) is 0.481. The van der Waals surface area contributed by atoms with E-state index < -0.39 is 12.7 Å². The fraction of sp³-hybridized carbons (Fsp3) is 0.400. The highest BCUT2D eigenvalue weighted by Gasteiger charge is 2.21. The van der Waals surface area contributed by atoms with Crippen molar-refractivity contribution in [3.63, 3.8) is 0 Å². The summed E-state index contributed by atoms with van der Waals surface area (Å²) in [6.45, 7) is 6.57. The minimum Gasteiger partial charge on any atom is -0.506 e. The molecule has 3 rings (SSSR count). The lowest BCUT2D eigenvalue weighted by atomic mass is 9.93. The van der Waals surface area contributed by atoms with E-state index in [1.54, 1.807) is 16.9 Å². The normalized spacial score (nSPS) is 12.5. The molecule has 0 bridgehead atoms. The third kappa shape index (κ3) is 6.86. The molecule has 1 amide bonds. The Balaban J connectivity index is 1.57. The maximum Gasteiger partial charge on any atom is 0.229 e. The number of carbonyl (C=O) groups is 1. The Morgan fingerprint density at radius 2 is 1.94 bits per heavy atom. The van der Waals surface area contributed by atoms with Crippen LogP contribution in [0.25, 0.3) is 0 Å². The van der Waals surface area contributed by atoms with Gasteiger partial charge in [-0.15, -0.1) is 0 Å². The van der Waals surface area contributed by atoms with Crippen LogP contribution in [0.15, 0.2) is 48.7 Å². The van der Waals surface area contributed by atoms with Gasteiger partial charge in [-0.1, -0.05) is 24.3 Å². The first-order chi connectivity index (χ1) is 16.2. The van der Waals surface area contributed by atoms with E-state index in [1.165, 1.54) is 12.1 Å². The van der Waals surface area contributed by atoms with Crippen LogP contribution < -0.4 is 10.6 Å². The number of hydrogen-bond donors (Lipinski definition) is 5. The van der Waals surface area contributed by atoms with Crippen LogP contribution in [-0.2, 0) is 30.8 Å². The SMILES string of the molecule is CCn1nccc1NC(=O)Cc1cccc(CC(C)(C)NCC(O)c2ccc(O)c(CO)n2)c1. The van der Waals surface area contributed by atoms with Gasteiger partial charge < -0.3 is 26.0 Å². The maximum atomic E-state index is 12.5. The van der Waals surface area contributed by atoms with Gasteiger partial charge >= 0.3 is 0 Å². The number of aromatic nitrogens is 3. The molecule has 1 atom stereocenters. The molecule has 1 aromatic carbocycles. The average Bonchev–Trinajstić information content (AvgIpc) is 3.24. The molecule has 0 saturated heterocycles. The van der Waals surface area contributed by atoms with Crippen molar-refractivity contribution in [2.45, 2.75) is 58.4 Å². The largest absolute Gasteiger partial charge is 0.506 e. The van der Waals surface area contributed by atoms with Crippen molar-refractivity contribution in [2.75, 3.05) is 11.9 Å². The molecule has 3 aromatic rings. The van der Waals surface area contributed by atoms with Crippen LogP contribution >= 0.6 is 0 Å². The van der Waals surface area contributed by atoms with Gasteiger partial charge in [0.25, 0.3) is 0 Å². The molecule has 9 nitrogen and oxygen atoms in total. The van der Waals surface area contributed by atoms with Crippen molar-refractivity contribution in [3.8, 4) is 5.75 Å². The molecule has 5 N–H and O–H groups in total. The topological polar surface area (TPSA) is 133 Å². The number of aliphatic hydroxyl groups excluding tert-OH is 2. The zero-order valence-electron chi connectivity index (χ0n) is 19.8. The van der Waals surface area contributed by atoms with Gasteiger partial charge in [-0.2, -0.15) is 5.10 Å². The molecule has 0 aliphatic heterocycles. The number of anilines is 1. The summed E-state index contributed by atoms with van der Waals surface area (Å²) < 4.78 is 1.73. The van der Waals surface area contributed by atoms with Gasteiger partial charge in [-0.05, 0) is 50.5 Å². The molecule has 0 radical (unpaired) electrons. The molecule has 2 heterocycles. The predicted molar refractivity (Wildman–Crippen MR) is 129 cm³/mol. The monoisotopic (exact) mass is 467 g/mol. The first kappa shape index (κ1) is 25.4. The third-order valence-corrected chi connectivity index (χ3v) is 5.52. The number of benzene rings is 1. The fourth-order valence-corrected chi connectivity index (χ4v) is 3.78. The minimum atomic E-state index is -0.892. The van der Waals surface area contributed by atoms with Gasteiger partial charge in [0.1, 0.15) is 23.4 Å². The lowest BCUT2D eigenvalue weighted by Gasteiger charge is -2.28. The Morgan fingerprint density at radius 1 is 1.18 bits per heavy atom. The molecule has 2 aromatic heterocycles. The van der Waals surface area contributed by atoms with E-state index in [1.807, 2.05) is 45.0 Å². The van der Waals surface area contributed by atoms with Crippen molar-refractivity contribution in [2.24, 2.45) is 0 Å². The van der Waals surface area contributed by atoms with Gasteiger partial charge in [-0.3, -0.25) is 4.79 Å². The molecular weight excluding hydrogens is 434 g/mol. The smallest absolute Gasteiger partial charge is 0.229 e. The Morgan fingerprint density at radius 3 is 2.68 bits per heavy atom. The van der Waals surface area contributed by atoms with Crippen LogP contribution in [0.3, 0.4) is 0 Å². The number of β-amino-alcohol motifs (C(OH)–C–C–N with tert-alkyl or cyclic N) is 1. The van der Waals surface area contributed by atoms with E-state index in [2.05, 4.69) is 20.7 Å². The lowest BCUT2D eigenvalue weighted by Crippen LogP contribution is -2.43. The first-order valence-electron chi connectivity index (χ1n) is 11.3. The molecule has 0 spiro atoms. The Bertz CT molecular complexity index is 1110. The number of nitrogens with zero attached hydrogens (tertiary/aromatic N) is 3. The molecule has 182 valence electrons. The second kappa shape index (κ2) is 11.2. The van der Waals surface area contributed by atoms with E-state index in [0.29, 0.717) is 24.5 Å². The van der Waals surface area contributed by atoms with Crippen LogP contribution in [0.4, 0.5) is 5.82 Å². The number of nitrogens with one attached hydrogen (secondary N) is 2. The lowest BCUT2D eigenvalue weighted by molar-refractivity contribution is -0.115. The fourth-order valence-electron chi connectivity index (χ4n) is 3.78. The summed E-state index contributed by atoms with van der Waals surface area (Å²) >= 11 is 0. The van der Waals surface area contributed by atoms with Crippen molar-refractivity contribution >= 4 is 11.7 Å². The van der Waals surface area contributed by atoms with Crippen LogP contribution in [0, 0.1) is 0 Å². The molecule has 0 aliphatic carbocycles. The van der Waals surface area contributed by atoms with E-state index in [9.17, 15) is 20.1 Å². The van der Waals surface area contributed by atoms with E-state index in [0.717, 1.165) is 11.1 Å². The van der Waals surface area contributed by atoms with Crippen molar-refractivity contribution < 1.29 is 20.1 Å². The van der Waals surface area contributed by atoms with Crippen LogP contribution in [0.1, 0.15) is 49.4 Å². The number of amides is 1. The quantitative estimate of drug-likeness (QED) is 0.292. The van der Waals surface area contributed by atoms with Gasteiger partial charge in [0.05, 0.1) is 24.9 Å². The van der Waals surface area contributed by atoms with Crippen molar-refractivity contribution in [1.29, 1.82) is 0 Å². The van der Waals surface area contributed by atoms with Crippen LogP contribution in [0.2, 0.25) is 0 Å². The first-order valence-corrected chi connectivity index (χ1v) is 11.3. The van der Waals surface area contributed by atoms with Crippen molar-refractivity contribution in [3.05, 3.63) is 71.2 Å².